The van der Waals surface area contributed by atoms with Gasteiger partial charge in [-0.3, -0.25) is 4.98 Å². The molecule has 0 aliphatic heterocycles. The predicted octanol–water partition coefficient (Wildman–Crippen LogP) is 5.64. The number of carboxylic acids is 1. The van der Waals surface area contributed by atoms with Gasteiger partial charge in [-0.25, -0.2) is 9.78 Å². The number of hydrogen-bond acceptors (Lipinski definition) is 4. The van der Waals surface area contributed by atoms with E-state index in [-0.39, 0.29) is 25.8 Å². The van der Waals surface area contributed by atoms with E-state index < -0.39 is 5.97 Å². The van der Waals surface area contributed by atoms with Crippen LogP contribution < -0.4 is 4.74 Å². The topological polar surface area (TPSA) is 72.3 Å². The third kappa shape index (κ3) is 5.35. The molecule has 0 amide bonds. The number of nitrogens with zero attached hydrogens (tertiary/aromatic N) is 2. The van der Waals surface area contributed by atoms with Gasteiger partial charge in [-0.15, -0.1) is 29.1 Å². The molecule has 3 aromatic carbocycles. The molecule has 0 bridgehead atoms. The minimum atomic E-state index is -0.990. The molecule has 0 saturated carbocycles. The number of para-hydroxylation sites is 1. The summed E-state index contributed by atoms with van der Waals surface area (Å²) in [6.45, 7) is 0. The molecule has 1 N–H and O–H groups in total. The van der Waals surface area contributed by atoms with E-state index in [0.29, 0.717) is 0 Å². The van der Waals surface area contributed by atoms with E-state index in [1.807, 2.05) is 42.5 Å². The SMILES string of the molecule is COc1ccc2cc(-c3ccc4ccccc4n3)[c-]cc2c1.O=C(O)c1ccccn1.[Ir]. The van der Waals surface area contributed by atoms with Crippen molar-refractivity contribution in [3.63, 3.8) is 0 Å². The summed E-state index contributed by atoms with van der Waals surface area (Å²) in [6, 6.07) is 30.5. The molecule has 0 atom stereocenters. The normalized spacial score (nSPS) is 10.0. The van der Waals surface area contributed by atoms with Crippen LogP contribution >= 0.6 is 0 Å². The van der Waals surface area contributed by atoms with Crippen LogP contribution in [0.2, 0.25) is 0 Å². The van der Waals surface area contributed by atoms with Crippen molar-refractivity contribution in [1.29, 1.82) is 0 Å². The summed E-state index contributed by atoms with van der Waals surface area (Å²) in [7, 11) is 1.68. The van der Waals surface area contributed by atoms with Crippen molar-refractivity contribution in [2.75, 3.05) is 7.11 Å². The average molecular weight is 600 g/mol. The van der Waals surface area contributed by atoms with Crippen LogP contribution in [0.15, 0.2) is 91.1 Å². The van der Waals surface area contributed by atoms with Gasteiger partial charge in [-0.1, -0.05) is 53.9 Å². The van der Waals surface area contributed by atoms with Crippen LogP contribution in [0.5, 0.6) is 5.75 Å². The fourth-order valence-electron chi connectivity index (χ4n) is 3.14. The second kappa shape index (κ2) is 10.6. The van der Waals surface area contributed by atoms with E-state index in [4.69, 9.17) is 14.8 Å². The van der Waals surface area contributed by atoms with E-state index in [2.05, 4.69) is 35.3 Å². The molecular formula is C26H19IrN2O3-. The molecule has 0 spiro atoms. The number of rotatable bonds is 3. The van der Waals surface area contributed by atoms with Gasteiger partial charge in [0, 0.05) is 26.3 Å². The van der Waals surface area contributed by atoms with Crippen LogP contribution in [0.25, 0.3) is 32.9 Å². The van der Waals surface area contributed by atoms with E-state index in [1.165, 1.54) is 12.3 Å². The molecule has 5 rings (SSSR count). The number of carboxylic acid groups (broad SMARTS) is 1. The standard InChI is InChI=1S/C20H14NO.C6H5NO2.Ir/c1-22-18-10-8-15-12-17(7-6-16(15)13-18)20-11-9-14-4-2-3-5-19(14)21-20;8-6(9)5-3-1-2-4-7-5;/h2-6,8-13H,1H3;1-4H,(H,8,9);/q-1;;. The Bertz CT molecular complexity index is 1360. The number of hydrogen-bond donors (Lipinski definition) is 1. The zero-order chi connectivity index (χ0) is 21.6. The van der Waals surface area contributed by atoms with E-state index in [1.54, 1.807) is 19.2 Å². The average Bonchev–Trinajstić information content (AvgIpc) is 2.84. The van der Waals surface area contributed by atoms with Crippen LogP contribution in [-0.2, 0) is 20.1 Å². The summed E-state index contributed by atoms with van der Waals surface area (Å²) in [5.74, 6) is -0.131. The zero-order valence-electron chi connectivity index (χ0n) is 17.2. The minimum Gasteiger partial charge on any atom is -0.498 e. The van der Waals surface area contributed by atoms with Gasteiger partial charge in [0.2, 0.25) is 0 Å². The first kappa shape index (κ1) is 23.1. The number of aromatic carboxylic acids is 1. The van der Waals surface area contributed by atoms with Gasteiger partial charge < -0.3 is 9.84 Å². The Morgan fingerprint density at radius 1 is 0.906 bits per heavy atom. The van der Waals surface area contributed by atoms with Crippen molar-refractivity contribution in [2.24, 2.45) is 0 Å². The molecule has 2 heterocycles. The smallest absolute Gasteiger partial charge is 0.354 e. The van der Waals surface area contributed by atoms with E-state index in [0.717, 1.165) is 38.7 Å². The number of methoxy groups -OCH3 is 1. The molecule has 0 aliphatic rings. The maximum Gasteiger partial charge on any atom is 0.354 e. The number of fused-ring (bicyclic) bond motifs is 2. The van der Waals surface area contributed by atoms with Gasteiger partial charge in [0.05, 0.1) is 12.6 Å². The first-order valence-corrected chi connectivity index (χ1v) is 9.64. The van der Waals surface area contributed by atoms with Crippen LogP contribution in [0, 0.1) is 6.07 Å². The first-order chi connectivity index (χ1) is 15.1. The molecule has 5 nitrogen and oxygen atoms in total. The third-order valence-corrected chi connectivity index (χ3v) is 4.74. The maximum atomic E-state index is 10.1. The minimum absolute atomic E-state index is 0. The second-order valence-electron chi connectivity index (χ2n) is 6.75. The summed E-state index contributed by atoms with van der Waals surface area (Å²) in [5.41, 5.74) is 3.03. The Labute approximate surface area is 199 Å². The molecule has 5 aromatic rings. The maximum absolute atomic E-state index is 10.1. The van der Waals surface area contributed by atoms with Gasteiger partial charge in [-0.05, 0) is 35.3 Å². The second-order valence-corrected chi connectivity index (χ2v) is 6.75. The first-order valence-electron chi connectivity index (χ1n) is 9.64. The number of pyridine rings is 2. The van der Waals surface area contributed by atoms with Crippen molar-refractivity contribution in [3.05, 3.63) is 103 Å². The Hall–Kier alpha value is -3.60. The Morgan fingerprint density at radius 3 is 2.41 bits per heavy atom. The number of ether oxygens (including phenoxy) is 1. The molecule has 161 valence electrons. The number of benzene rings is 3. The molecule has 32 heavy (non-hydrogen) atoms. The summed E-state index contributed by atoms with van der Waals surface area (Å²) < 4.78 is 5.26. The largest absolute Gasteiger partial charge is 0.498 e. The van der Waals surface area contributed by atoms with Gasteiger partial charge in [0.1, 0.15) is 11.4 Å². The summed E-state index contributed by atoms with van der Waals surface area (Å²) in [4.78, 5) is 18.4. The van der Waals surface area contributed by atoms with Crippen molar-refractivity contribution in [3.8, 4) is 17.0 Å². The summed E-state index contributed by atoms with van der Waals surface area (Å²) >= 11 is 0. The quantitative estimate of drug-likeness (QED) is 0.272. The fourth-order valence-corrected chi connectivity index (χ4v) is 3.14. The third-order valence-electron chi connectivity index (χ3n) is 4.74. The van der Waals surface area contributed by atoms with Crippen molar-refractivity contribution in [1.82, 2.24) is 9.97 Å². The van der Waals surface area contributed by atoms with Gasteiger partial charge in [0.25, 0.3) is 0 Å². The van der Waals surface area contributed by atoms with Crippen LogP contribution in [0.3, 0.4) is 0 Å². The van der Waals surface area contributed by atoms with Crippen molar-refractivity contribution in [2.45, 2.75) is 0 Å². The van der Waals surface area contributed by atoms with Crippen LogP contribution in [0.1, 0.15) is 10.5 Å². The predicted molar refractivity (Wildman–Crippen MR) is 121 cm³/mol. The van der Waals surface area contributed by atoms with Crippen LogP contribution in [-0.4, -0.2) is 28.2 Å². The molecule has 0 fully saturated rings. The van der Waals surface area contributed by atoms with E-state index in [9.17, 15) is 4.79 Å². The molecule has 1 radical (unpaired) electrons. The monoisotopic (exact) mass is 600 g/mol. The molecule has 0 saturated heterocycles. The van der Waals surface area contributed by atoms with Crippen molar-refractivity contribution < 1.29 is 34.7 Å². The number of carbonyl (C=O) groups is 1. The van der Waals surface area contributed by atoms with Gasteiger partial charge >= 0.3 is 5.97 Å². The van der Waals surface area contributed by atoms with Gasteiger partial charge in [0.15, 0.2) is 0 Å². The van der Waals surface area contributed by atoms with Crippen LogP contribution in [0.4, 0.5) is 0 Å². The summed E-state index contributed by atoms with van der Waals surface area (Å²) in [6.07, 6.45) is 1.45. The zero-order valence-corrected chi connectivity index (χ0v) is 19.5. The Balaban J connectivity index is 0.000000246. The Morgan fingerprint density at radius 2 is 1.69 bits per heavy atom. The Kier molecular flexibility index (Phi) is 7.66. The molecular weight excluding hydrogens is 581 g/mol. The molecule has 2 aromatic heterocycles. The number of aromatic nitrogens is 2. The summed E-state index contributed by atoms with van der Waals surface area (Å²) in [5, 5.41) is 11.7. The fraction of sp³-hybridized carbons (Fsp3) is 0.0385. The molecule has 6 heteroatoms. The molecule has 0 aliphatic carbocycles. The molecule has 0 unspecified atom stereocenters. The van der Waals surface area contributed by atoms with E-state index >= 15 is 0 Å². The van der Waals surface area contributed by atoms with Gasteiger partial charge in [-0.2, -0.15) is 0 Å². The van der Waals surface area contributed by atoms with Crippen molar-refractivity contribution >= 4 is 27.6 Å².